The number of nitrogen functional groups attached to an aromatic ring is 1. The molecule has 1 unspecified atom stereocenters. The average Bonchev–Trinajstić information content (AvgIpc) is 2.69. The summed E-state index contributed by atoms with van der Waals surface area (Å²) in [7, 11) is 0. The molecule has 1 aliphatic heterocycles. The fourth-order valence-corrected chi connectivity index (χ4v) is 3.34. The predicted molar refractivity (Wildman–Crippen MR) is 68.2 cm³/mol. The molecule has 15 heavy (non-hydrogen) atoms. The van der Waals surface area contributed by atoms with Crippen LogP contribution in [-0.4, -0.2) is 19.0 Å². The highest BCUT2D eigenvalue weighted by molar-refractivity contribution is 9.10. The summed E-state index contributed by atoms with van der Waals surface area (Å²) < 4.78 is 6.44. The van der Waals surface area contributed by atoms with Gasteiger partial charge >= 0.3 is 0 Å². The summed E-state index contributed by atoms with van der Waals surface area (Å²) in [5.74, 6) is 1.84. The fourth-order valence-electron chi connectivity index (χ4n) is 1.56. The number of ether oxygens (including phenoxy) is 1. The molecule has 1 saturated heterocycles. The Morgan fingerprint density at radius 1 is 1.53 bits per heavy atom. The highest BCUT2D eigenvalue weighted by atomic mass is 79.9. The van der Waals surface area contributed by atoms with Crippen molar-refractivity contribution in [2.75, 3.05) is 24.7 Å². The van der Waals surface area contributed by atoms with Crippen molar-refractivity contribution in [1.29, 1.82) is 0 Å². The quantitative estimate of drug-likeness (QED) is 0.685. The molecule has 1 heterocycles. The Labute approximate surface area is 103 Å². The Morgan fingerprint density at radius 2 is 2.40 bits per heavy atom. The third kappa shape index (κ3) is 3.13. The molecular weight excluding hydrogens is 274 g/mol. The van der Waals surface area contributed by atoms with Crippen LogP contribution in [0.2, 0.25) is 0 Å². The molecule has 0 spiro atoms. The van der Waals surface area contributed by atoms with Crippen LogP contribution in [0.15, 0.2) is 27.6 Å². The molecule has 0 saturated carbocycles. The van der Waals surface area contributed by atoms with Gasteiger partial charge in [-0.15, -0.1) is 11.8 Å². The van der Waals surface area contributed by atoms with Crippen LogP contribution in [-0.2, 0) is 4.74 Å². The van der Waals surface area contributed by atoms with Gasteiger partial charge in [-0.3, -0.25) is 0 Å². The van der Waals surface area contributed by atoms with Crippen LogP contribution < -0.4 is 5.73 Å². The van der Waals surface area contributed by atoms with Gasteiger partial charge in [0, 0.05) is 27.4 Å². The van der Waals surface area contributed by atoms with Gasteiger partial charge in [0.15, 0.2) is 0 Å². The molecule has 0 aliphatic carbocycles. The molecule has 1 aromatic carbocycles. The molecule has 2 rings (SSSR count). The number of hydrogen-bond donors (Lipinski definition) is 1. The Morgan fingerprint density at radius 3 is 3.07 bits per heavy atom. The number of anilines is 1. The van der Waals surface area contributed by atoms with Crippen molar-refractivity contribution in [1.82, 2.24) is 0 Å². The summed E-state index contributed by atoms with van der Waals surface area (Å²) in [6.07, 6.45) is 1.19. The normalized spacial score (nSPS) is 20.7. The molecule has 1 atom stereocenters. The molecule has 4 heteroatoms. The Bertz CT molecular complexity index is 339. The number of benzene rings is 1. The van der Waals surface area contributed by atoms with E-state index in [1.165, 1.54) is 11.3 Å². The second kappa shape index (κ2) is 5.23. The summed E-state index contributed by atoms with van der Waals surface area (Å²) >= 11 is 5.40. The average molecular weight is 288 g/mol. The summed E-state index contributed by atoms with van der Waals surface area (Å²) in [6, 6.07) is 5.96. The maximum absolute atomic E-state index is 5.69. The number of rotatable bonds is 3. The van der Waals surface area contributed by atoms with E-state index >= 15 is 0 Å². The molecule has 2 N–H and O–H groups in total. The first kappa shape index (κ1) is 11.3. The molecule has 2 nitrogen and oxygen atoms in total. The van der Waals surface area contributed by atoms with Crippen LogP contribution in [0.25, 0.3) is 0 Å². The lowest BCUT2D eigenvalue weighted by Crippen LogP contribution is -2.02. The summed E-state index contributed by atoms with van der Waals surface area (Å²) in [5.41, 5.74) is 6.49. The van der Waals surface area contributed by atoms with E-state index in [1.54, 1.807) is 0 Å². The van der Waals surface area contributed by atoms with Crippen LogP contribution in [0.5, 0.6) is 0 Å². The molecule has 82 valence electrons. The number of hydrogen-bond acceptors (Lipinski definition) is 3. The van der Waals surface area contributed by atoms with Crippen molar-refractivity contribution in [2.45, 2.75) is 11.3 Å². The van der Waals surface area contributed by atoms with Crippen LogP contribution >= 0.6 is 27.7 Å². The Kier molecular flexibility index (Phi) is 3.94. The maximum atomic E-state index is 5.69. The van der Waals surface area contributed by atoms with E-state index in [0.29, 0.717) is 5.92 Å². The zero-order valence-electron chi connectivity index (χ0n) is 8.41. The van der Waals surface area contributed by atoms with Gasteiger partial charge in [-0.05, 0) is 46.5 Å². The topological polar surface area (TPSA) is 35.2 Å². The third-order valence-corrected chi connectivity index (χ3v) is 4.68. The zero-order valence-corrected chi connectivity index (χ0v) is 10.8. The first-order valence-corrected chi connectivity index (χ1v) is 6.79. The van der Waals surface area contributed by atoms with E-state index in [-0.39, 0.29) is 0 Å². The van der Waals surface area contributed by atoms with Crippen molar-refractivity contribution in [3.05, 3.63) is 22.7 Å². The minimum Gasteiger partial charge on any atom is -0.399 e. The van der Waals surface area contributed by atoms with Crippen LogP contribution in [0, 0.1) is 5.92 Å². The monoisotopic (exact) mass is 287 g/mol. The van der Waals surface area contributed by atoms with Gasteiger partial charge in [-0.1, -0.05) is 0 Å². The highest BCUT2D eigenvalue weighted by Crippen LogP contribution is 2.31. The van der Waals surface area contributed by atoms with Gasteiger partial charge in [0.2, 0.25) is 0 Å². The van der Waals surface area contributed by atoms with Gasteiger partial charge in [0.1, 0.15) is 0 Å². The van der Waals surface area contributed by atoms with Gasteiger partial charge in [0.05, 0.1) is 6.61 Å². The van der Waals surface area contributed by atoms with Gasteiger partial charge in [-0.2, -0.15) is 0 Å². The van der Waals surface area contributed by atoms with E-state index in [9.17, 15) is 0 Å². The summed E-state index contributed by atoms with van der Waals surface area (Å²) in [4.78, 5) is 1.26. The van der Waals surface area contributed by atoms with Crippen molar-refractivity contribution in [2.24, 2.45) is 5.92 Å². The SMILES string of the molecule is Nc1ccc(SCC2CCOC2)c(Br)c1. The van der Waals surface area contributed by atoms with Crippen LogP contribution in [0.4, 0.5) is 5.69 Å². The van der Waals surface area contributed by atoms with Crippen LogP contribution in [0.1, 0.15) is 6.42 Å². The molecule has 0 aromatic heterocycles. The Hall–Kier alpha value is -0.190. The van der Waals surface area contributed by atoms with E-state index in [2.05, 4.69) is 22.0 Å². The van der Waals surface area contributed by atoms with Gasteiger partial charge in [0.25, 0.3) is 0 Å². The minimum atomic E-state index is 0.708. The molecular formula is C11H14BrNOS. The second-order valence-corrected chi connectivity index (χ2v) is 5.65. The van der Waals surface area contributed by atoms with Crippen molar-refractivity contribution < 1.29 is 4.74 Å². The number of halogens is 1. The van der Waals surface area contributed by atoms with Gasteiger partial charge < -0.3 is 10.5 Å². The van der Waals surface area contributed by atoms with E-state index in [0.717, 1.165) is 29.1 Å². The standard InChI is InChI=1S/C11H14BrNOS/c12-10-5-9(13)1-2-11(10)15-7-8-3-4-14-6-8/h1-2,5,8H,3-4,6-7,13H2. The first-order chi connectivity index (χ1) is 7.25. The van der Waals surface area contributed by atoms with Crippen molar-refractivity contribution >= 4 is 33.4 Å². The largest absolute Gasteiger partial charge is 0.399 e. The predicted octanol–water partition coefficient (Wildman–Crippen LogP) is 3.16. The lowest BCUT2D eigenvalue weighted by molar-refractivity contribution is 0.189. The Balaban J connectivity index is 1.92. The lowest BCUT2D eigenvalue weighted by atomic mass is 10.2. The molecule has 0 radical (unpaired) electrons. The molecule has 0 amide bonds. The highest BCUT2D eigenvalue weighted by Gasteiger charge is 2.16. The van der Waals surface area contributed by atoms with Gasteiger partial charge in [-0.25, -0.2) is 0 Å². The molecule has 1 aliphatic rings. The first-order valence-electron chi connectivity index (χ1n) is 5.01. The number of nitrogens with two attached hydrogens (primary N) is 1. The van der Waals surface area contributed by atoms with Crippen molar-refractivity contribution in [3.8, 4) is 0 Å². The molecule has 1 aromatic rings. The summed E-state index contributed by atoms with van der Waals surface area (Å²) in [5, 5.41) is 0. The second-order valence-electron chi connectivity index (χ2n) is 3.73. The van der Waals surface area contributed by atoms with E-state index < -0.39 is 0 Å². The fraction of sp³-hybridized carbons (Fsp3) is 0.455. The summed E-state index contributed by atoms with van der Waals surface area (Å²) in [6.45, 7) is 1.84. The van der Waals surface area contributed by atoms with Crippen molar-refractivity contribution in [3.63, 3.8) is 0 Å². The maximum Gasteiger partial charge on any atom is 0.0503 e. The number of thioether (sulfide) groups is 1. The lowest BCUT2D eigenvalue weighted by Gasteiger charge is -2.08. The third-order valence-electron chi connectivity index (χ3n) is 2.45. The molecule has 0 bridgehead atoms. The van der Waals surface area contributed by atoms with E-state index in [1.807, 2.05) is 23.9 Å². The van der Waals surface area contributed by atoms with E-state index in [4.69, 9.17) is 10.5 Å². The molecule has 1 fully saturated rings. The smallest absolute Gasteiger partial charge is 0.0503 e. The van der Waals surface area contributed by atoms with Crippen LogP contribution in [0.3, 0.4) is 0 Å². The zero-order chi connectivity index (χ0) is 10.7. The minimum absolute atomic E-state index is 0.708.